The number of hydrogen-bond acceptors (Lipinski definition) is 6. The number of imidazole rings is 1. The smallest absolute Gasteiger partial charge is 0.319 e. The van der Waals surface area contributed by atoms with Crippen molar-refractivity contribution in [2.45, 2.75) is 18.1 Å². The average molecular weight is 340 g/mol. The van der Waals surface area contributed by atoms with Crippen molar-refractivity contribution in [1.29, 1.82) is 0 Å². The van der Waals surface area contributed by atoms with E-state index < -0.39 is 6.55 Å². The Labute approximate surface area is 137 Å². The molecule has 1 fully saturated rings. The summed E-state index contributed by atoms with van der Waals surface area (Å²) in [6.07, 6.45) is 8.21. The lowest BCUT2D eigenvalue weighted by molar-refractivity contribution is 0.0636. The van der Waals surface area contributed by atoms with Crippen molar-refractivity contribution in [3.8, 4) is 0 Å². The number of thioether (sulfide) groups is 1. The molecule has 0 amide bonds. The van der Waals surface area contributed by atoms with Crippen molar-refractivity contribution >= 4 is 17.6 Å². The third-order valence-corrected chi connectivity index (χ3v) is 4.44. The average Bonchev–Trinajstić information content (AvgIpc) is 3.04. The minimum atomic E-state index is -2.54. The zero-order valence-electron chi connectivity index (χ0n) is 12.8. The normalized spacial score (nSPS) is 16.3. The molecule has 0 saturated carbocycles. The minimum Gasteiger partial charge on any atom is -0.353 e. The fraction of sp³-hybridized carbons (Fsp3) is 0.500. The molecule has 23 heavy (non-hydrogen) atoms. The van der Waals surface area contributed by atoms with Crippen LogP contribution in [0.4, 0.5) is 14.6 Å². The zero-order chi connectivity index (χ0) is 16.2. The van der Waals surface area contributed by atoms with Crippen LogP contribution < -0.4 is 4.90 Å². The van der Waals surface area contributed by atoms with E-state index in [4.69, 9.17) is 0 Å². The van der Waals surface area contributed by atoms with Crippen molar-refractivity contribution < 1.29 is 8.78 Å². The Morgan fingerprint density at radius 2 is 2.00 bits per heavy atom. The summed E-state index contributed by atoms with van der Waals surface area (Å²) in [4.78, 5) is 17.1. The van der Waals surface area contributed by atoms with Gasteiger partial charge in [0, 0.05) is 38.6 Å². The molecular formula is C14H18F2N6S. The topological polar surface area (TPSA) is 50.1 Å². The van der Waals surface area contributed by atoms with Crippen LogP contribution in [0.3, 0.4) is 0 Å². The van der Waals surface area contributed by atoms with E-state index in [1.807, 2.05) is 6.26 Å². The number of aromatic nitrogens is 4. The third-order valence-electron chi connectivity index (χ3n) is 3.83. The van der Waals surface area contributed by atoms with E-state index in [1.54, 1.807) is 24.2 Å². The largest absolute Gasteiger partial charge is 0.353 e. The summed E-state index contributed by atoms with van der Waals surface area (Å²) >= 11 is 1.56. The first-order valence-electron chi connectivity index (χ1n) is 7.30. The molecule has 9 heteroatoms. The van der Waals surface area contributed by atoms with Crippen LogP contribution in [-0.4, -0.2) is 56.9 Å². The van der Waals surface area contributed by atoms with Gasteiger partial charge in [-0.25, -0.2) is 9.97 Å². The Morgan fingerprint density at radius 3 is 2.70 bits per heavy atom. The monoisotopic (exact) mass is 340 g/mol. The van der Waals surface area contributed by atoms with Gasteiger partial charge in [0.05, 0.1) is 18.9 Å². The molecule has 3 heterocycles. The fourth-order valence-corrected chi connectivity index (χ4v) is 2.92. The maximum Gasteiger partial charge on any atom is 0.319 e. The quantitative estimate of drug-likeness (QED) is 0.777. The molecule has 1 aliphatic heterocycles. The molecule has 0 radical (unpaired) electrons. The highest BCUT2D eigenvalue weighted by atomic mass is 32.2. The summed E-state index contributed by atoms with van der Waals surface area (Å²) in [5.74, 6) is 1.27. The molecule has 1 aliphatic rings. The van der Waals surface area contributed by atoms with Gasteiger partial charge in [0.2, 0.25) is 0 Å². The predicted octanol–water partition coefficient (Wildman–Crippen LogP) is 2.11. The van der Waals surface area contributed by atoms with E-state index in [-0.39, 0.29) is 0 Å². The highest BCUT2D eigenvalue weighted by Gasteiger charge is 2.21. The number of rotatable bonds is 5. The van der Waals surface area contributed by atoms with E-state index in [2.05, 4.69) is 24.8 Å². The number of alkyl halides is 2. The summed E-state index contributed by atoms with van der Waals surface area (Å²) in [6, 6.07) is 0. The molecule has 2 aromatic rings. The van der Waals surface area contributed by atoms with Gasteiger partial charge in [-0.05, 0) is 6.26 Å². The van der Waals surface area contributed by atoms with Gasteiger partial charge in [-0.15, -0.1) is 11.8 Å². The first-order valence-corrected chi connectivity index (χ1v) is 8.53. The lowest BCUT2D eigenvalue weighted by atomic mass is 10.3. The Hall–Kier alpha value is -1.74. The SMILES string of the molecule is CSc1cncc(N2CCN(Cc3nccn3C(F)F)CC2)n1. The van der Waals surface area contributed by atoms with Gasteiger partial charge in [-0.2, -0.15) is 8.78 Å². The molecule has 0 unspecified atom stereocenters. The number of nitrogens with zero attached hydrogens (tertiary/aromatic N) is 6. The minimum absolute atomic E-state index is 0.401. The van der Waals surface area contributed by atoms with Crippen LogP contribution in [-0.2, 0) is 6.54 Å². The Kier molecular flexibility index (Phi) is 5.06. The Balaban J connectivity index is 1.59. The number of piperazine rings is 1. The van der Waals surface area contributed by atoms with Gasteiger partial charge in [0.25, 0.3) is 0 Å². The van der Waals surface area contributed by atoms with Crippen LogP contribution in [0, 0.1) is 0 Å². The molecular weight excluding hydrogens is 322 g/mol. The predicted molar refractivity (Wildman–Crippen MR) is 84.8 cm³/mol. The van der Waals surface area contributed by atoms with Crippen molar-refractivity contribution in [3.63, 3.8) is 0 Å². The lowest BCUT2D eigenvalue weighted by Gasteiger charge is -2.35. The second-order valence-electron chi connectivity index (χ2n) is 5.21. The van der Waals surface area contributed by atoms with Crippen LogP contribution in [0.2, 0.25) is 0 Å². The highest BCUT2D eigenvalue weighted by molar-refractivity contribution is 7.98. The molecule has 124 valence electrons. The Morgan fingerprint density at radius 1 is 1.22 bits per heavy atom. The van der Waals surface area contributed by atoms with Crippen LogP contribution in [0.15, 0.2) is 29.8 Å². The number of halogens is 2. The summed E-state index contributed by atoms with van der Waals surface area (Å²) in [6.45, 7) is 1.03. The van der Waals surface area contributed by atoms with Gasteiger partial charge in [-0.3, -0.25) is 14.5 Å². The molecule has 0 N–H and O–H groups in total. The van der Waals surface area contributed by atoms with Crippen molar-refractivity contribution in [2.24, 2.45) is 0 Å². The summed E-state index contributed by atoms with van der Waals surface area (Å²) in [5, 5.41) is 0.892. The van der Waals surface area contributed by atoms with Crippen LogP contribution in [0.1, 0.15) is 12.4 Å². The van der Waals surface area contributed by atoms with Crippen molar-refractivity contribution in [2.75, 3.05) is 37.3 Å². The van der Waals surface area contributed by atoms with Crippen LogP contribution in [0.5, 0.6) is 0 Å². The van der Waals surface area contributed by atoms with Gasteiger partial charge in [0.15, 0.2) is 0 Å². The molecule has 0 aromatic carbocycles. The van der Waals surface area contributed by atoms with Gasteiger partial charge < -0.3 is 4.90 Å². The molecule has 6 nitrogen and oxygen atoms in total. The second kappa shape index (κ2) is 7.22. The molecule has 0 aliphatic carbocycles. The lowest BCUT2D eigenvalue weighted by Crippen LogP contribution is -2.46. The molecule has 2 aromatic heterocycles. The number of anilines is 1. The molecule has 3 rings (SSSR count). The molecule has 0 atom stereocenters. The van der Waals surface area contributed by atoms with E-state index in [0.29, 0.717) is 12.4 Å². The van der Waals surface area contributed by atoms with E-state index in [1.165, 1.54) is 12.4 Å². The second-order valence-corrected chi connectivity index (χ2v) is 6.04. The molecule has 0 bridgehead atoms. The van der Waals surface area contributed by atoms with Gasteiger partial charge >= 0.3 is 6.55 Å². The molecule has 0 spiro atoms. The fourth-order valence-electron chi connectivity index (χ4n) is 2.57. The van der Waals surface area contributed by atoms with E-state index in [0.717, 1.165) is 41.6 Å². The van der Waals surface area contributed by atoms with Gasteiger partial charge in [0.1, 0.15) is 16.7 Å². The first kappa shape index (κ1) is 16.1. The summed E-state index contributed by atoms with van der Waals surface area (Å²) < 4.78 is 26.6. The maximum absolute atomic E-state index is 12.8. The highest BCUT2D eigenvalue weighted by Crippen LogP contribution is 2.19. The van der Waals surface area contributed by atoms with E-state index >= 15 is 0 Å². The van der Waals surface area contributed by atoms with Gasteiger partial charge in [-0.1, -0.05) is 0 Å². The van der Waals surface area contributed by atoms with Crippen molar-refractivity contribution in [3.05, 3.63) is 30.6 Å². The third kappa shape index (κ3) is 3.78. The number of hydrogen-bond donors (Lipinski definition) is 0. The summed E-state index contributed by atoms with van der Waals surface area (Å²) in [7, 11) is 0. The standard InChI is InChI=1S/C14H18F2N6S/c1-23-13-9-17-8-11(19-13)21-6-4-20(5-7-21)10-12-18-2-3-22(12)14(15)16/h2-3,8-9,14H,4-7,10H2,1H3. The van der Waals surface area contributed by atoms with Crippen LogP contribution >= 0.6 is 11.8 Å². The Bertz CT molecular complexity index is 642. The molecule has 1 saturated heterocycles. The van der Waals surface area contributed by atoms with Crippen LogP contribution in [0.25, 0.3) is 0 Å². The maximum atomic E-state index is 12.8. The zero-order valence-corrected chi connectivity index (χ0v) is 13.6. The first-order chi connectivity index (χ1) is 11.2. The van der Waals surface area contributed by atoms with E-state index in [9.17, 15) is 8.78 Å². The summed E-state index contributed by atoms with van der Waals surface area (Å²) in [5.41, 5.74) is 0. The van der Waals surface area contributed by atoms with Crippen molar-refractivity contribution in [1.82, 2.24) is 24.4 Å².